The molecule has 0 aliphatic heterocycles. The molecule has 1 aromatic carbocycles. The number of hydrogen-bond donors (Lipinski definition) is 3. The Morgan fingerprint density at radius 1 is 1.29 bits per heavy atom. The highest BCUT2D eigenvalue weighted by molar-refractivity contribution is 6.42. The van der Waals surface area contributed by atoms with Crippen molar-refractivity contribution in [2.45, 2.75) is 25.5 Å². The number of aliphatic hydroxyl groups excluding tert-OH is 2. The number of aliphatic hydroxyl groups is 2. The van der Waals surface area contributed by atoms with Crippen LogP contribution in [0.5, 0.6) is 0 Å². The van der Waals surface area contributed by atoms with Crippen LogP contribution in [0.2, 0.25) is 10.0 Å². The minimum atomic E-state index is -0.650. The molecule has 0 aromatic heterocycles. The van der Waals surface area contributed by atoms with Gasteiger partial charge in [0.25, 0.3) is 0 Å². The summed E-state index contributed by atoms with van der Waals surface area (Å²) in [6.45, 7) is 2.68. The average Bonchev–Trinajstić information content (AvgIpc) is 2.32. The lowest BCUT2D eigenvalue weighted by Crippen LogP contribution is -2.33. The minimum Gasteiger partial charge on any atom is -0.396 e. The summed E-state index contributed by atoms with van der Waals surface area (Å²) >= 11 is 11.7. The van der Waals surface area contributed by atoms with Crippen LogP contribution in [0.15, 0.2) is 18.2 Å². The monoisotopic (exact) mass is 277 g/mol. The maximum atomic E-state index is 10.1. The average molecular weight is 278 g/mol. The fourth-order valence-corrected chi connectivity index (χ4v) is 1.81. The second kappa shape index (κ2) is 7.19. The van der Waals surface area contributed by atoms with Gasteiger partial charge in [0.05, 0.1) is 16.1 Å². The molecule has 0 heterocycles. The van der Waals surface area contributed by atoms with E-state index in [9.17, 15) is 5.11 Å². The summed E-state index contributed by atoms with van der Waals surface area (Å²) in [6, 6.07) is 4.98. The van der Waals surface area contributed by atoms with Gasteiger partial charge in [-0.2, -0.15) is 0 Å². The van der Waals surface area contributed by atoms with Gasteiger partial charge in [-0.3, -0.25) is 0 Å². The number of rotatable bonds is 6. The van der Waals surface area contributed by atoms with Gasteiger partial charge in [0.1, 0.15) is 0 Å². The minimum absolute atomic E-state index is 0.112. The Morgan fingerprint density at radius 3 is 2.59 bits per heavy atom. The fraction of sp³-hybridized carbons (Fsp3) is 0.500. The molecule has 0 radical (unpaired) electrons. The van der Waals surface area contributed by atoms with Crippen LogP contribution in [0.4, 0.5) is 0 Å². The third kappa shape index (κ3) is 4.45. The maximum Gasteiger partial charge on any atom is 0.0940 e. The number of benzene rings is 1. The molecule has 0 bridgehead atoms. The van der Waals surface area contributed by atoms with Crippen LogP contribution in [0, 0.1) is 0 Å². The molecule has 1 aromatic rings. The van der Waals surface area contributed by atoms with Crippen LogP contribution in [0.1, 0.15) is 25.0 Å². The van der Waals surface area contributed by atoms with Gasteiger partial charge >= 0.3 is 0 Å². The summed E-state index contributed by atoms with van der Waals surface area (Å²) in [4.78, 5) is 0. The van der Waals surface area contributed by atoms with Crippen LogP contribution < -0.4 is 5.32 Å². The van der Waals surface area contributed by atoms with Crippen LogP contribution >= 0.6 is 23.2 Å². The number of nitrogens with one attached hydrogen (secondary N) is 1. The molecule has 0 aliphatic rings. The second-order valence-corrected chi connectivity index (χ2v) is 4.75. The van der Waals surface area contributed by atoms with Crippen LogP contribution in [0.3, 0.4) is 0 Å². The Kier molecular flexibility index (Phi) is 6.23. The van der Waals surface area contributed by atoms with Crippen molar-refractivity contribution >= 4 is 23.2 Å². The van der Waals surface area contributed by atoms with E-state index in [4.69, 9.17) is 28.3 Å². The molecule has 0 fully saturated rings. The molecular weight excluding hydrogens is 261 g/mol. The molecule has 3 nitrogen and oxygen atoms in total. The van der Waals surface area contributed by atoms with E-state index in [0.717, 1.165) is 5.56 Å². The summed E-state index contributed by atoms with van der Waals surface area (Å²) in [6.07, 6.45) is 0.0155. The quantitative estimate of drug-likeness (QED) is 0.700. The van der Waals surface area contributed by atoms with Gasteiger partial charge in [0.2, 0.25) is 0 Å². The zero-order valence-electron chi connectivity index (χ0n) is 9.66. The highest BCUT2D eigenvalue weighted by atomic mass is 35.5. The highest BCUT2D eigenvalue weighted by Crippen LogP contribution is 2.26. The smallest absolute Gasteiger partial charge is 0.0940 e. The Hall–Kier alpha value is -0.320. The molecular formula is C12H17Cl2NO2. The van der Waals surface area contributed by atoms with Gasteiger partial charge in [-0.25, -0.2) is 0 Å². The molecule has 0 aliphatic carbocycles. The maximum absolute atomic E-state index is 10.1. The van der Waals surface area contributed by atoms with Crippen LogP contribution in [-0.2, 0) is 0 Å². The van der Waals surface area contributed by atoms with E-state index in [2.05, 4.69) is 5.32 Å². The second-order valence-electron chi connectivity index (χ2n) is 3.94. The van der Waals surface area contributed by atoms with Gasteiger partial charge in [0.15, 0.2) is 0 Å². The van der Waals surface area contributed by atoms with E-state index < -0.39 is 6.10 Å². The van der Waals surface area contributed by atoms with E-state index in [0.29, 0.717) is 23.0 Å². The van der Waals surface area contributed by atoms with Crippen molar-refractivity contribution in [3.63, 3.8) is 0 Å². The SMILES string of the molecule is CC(NCCCO)C(O)c1ccc(Cl)c(Cl)c1. The lowest BCUT2D eigenvalue weighted by Gasteiger charge is -2.20. The first kappa shape index (κ1) is 14.7. The van der Waals surface area contributed by atoms with Gasteiger partial charge in [-0.05, 0) is 37.6 Å². The number of halogens is 2. The van der Waals surface area contributed by atoms with Gasteiger partial charge in [0, 0.05) is 12.6 Å². The third-order valence-electron chi connectivity index (χ3n) is 2.56. The molecule has 0 saturated heterocycles. The molecule has 3 N–H and O–H groups in total. The van der Waals surface area contributed by atoms with Crippen molar-refractivity contribution in [2.75, 3.05) is 13.2 Å². The van der Waals surface area contributed by atoms with Crippen molar-refractivity contribution in [1.29, 1.82) is 0 Å². The van der Waals surface area contributed by atoms with E-state index >= 15 is 0 Å². The van der Waals surface area contributed by atoms with Crippen molar-refractivity contribution in [1.82, 2.24) is 5.32 Å². The van der Waals surface area contributed by atoms with E-state index in [1.807, 2.05) is 6.92 Å². The largest absolute Gasteiger partial charge is 0.396 e. The molecule has 2 atom stereocenters. The first-order chi connectivity index (χ1) is 8.06. The molecule has 17 heavy (non-hydrogen) atoms. The summed E-state index contributed by atoms with van der Waals surface area (Å²) in [5, 5.41) is 22.8. The Morgan fingerprint density at radius 2 is 2.00 bits per heavy atom. The molecule has 0 spiro atoms. The molecule has 0 saturated carbocycles. The first-order valence-electron chi connectivity index (χ1n) is 5.53. The van der Waals surface area contributed by atoms with Crippen LogP contribution in [-0.4, -0.2) is 29.4 Å². The van der Waals surface area contributed by atoms with Gasteiger partial charge < -0.3 is 15.5 Å². The summed E-state index contributed by atoms with van der Waals surface area (Å²) in [7, 11) is 0. The lowest BCUT2D eigenvalue weighted by molar-refractivity contribution is 0.134. The van der Waals surface area contributed by atoms with Gasteiger partial charge in [-0.15, -0.1) is 0 Å². The summed E-state index contributed by atoms with van der Waals surface area (Å²) in [5.74, 6) is 0. The zero-order chi connectivity index (χ0) is 12.8. The molecule has 96 valence electrons. The topological polar surface area (TPSA) is 52.5 Å². The normalized spacial score (nSPS) is 14.6. The van der Waals surface area contributed by atoms with Crippen molar-refractivity contribution < 1.29 is 10.2 Å². The van der Waals surface area contributed by atoms with Crippen LogP contribution in [0.25, 0.3) is 0 Å². The fourth-order valence-electron chi connectivity index (χ4n) is 1.51. The first-order valence-corrected chi connectivity index (χ1v) is 6.29. The number of hydrogen-bond acceptors (Lipinski definition) is 3. The predicted octanol–water partition coefficient (Wildman–Crippen LogP) is 2.39. The Bertz CT molecular complexity index is 360. The summed E-state index contributed by atoms with van der Waals surface area (Å²) in [5.41, 5.74) is 0.725. The van der Waals surface area contributed by atoms with Crippen molar-refractivity contribution in [3.8, 4) is 0 Å². The van der Waals surface area contributed by atoms with Crippen molar-refractivity contribution in [2.24, 2.45) is 0 Å². The van der Waals surface area contributed by atoms with Crippen molar-refractivity contribution in [3.05, 3.63) is 33.8 Å². The van der Waals surface area contributed by atoms with E-state index in [1.54, 1.807) is 18.2 Å². The molecule has 0 amide bonds. The lowest BCUT2D eigenvalue weighted by atomic mass is 10.0. The standard InChI is InChI=1S/C12H17Cl2NO2/c1-8(15-5-2-6-16)12(17)9-3-4-10(13)11(14)7-9/h3-4,7-8,12,15-17H,2,5-6H2,1H3. The highest BCUT2D eigenvalue weighted by Gasteiger charge is 2.16. The third-order valence-corrected chi connectivity index (χ3v) is 3.30. The predicted molar refractivity (Wildman–Crippen MR) is 70.6 cm³/mol. The molecule has 2 unspecified atom stereocenters. The van der Waals surface area contributed by atoms with E-state index in [1.165, 1.54) is 0 Å². The van der Waals surface area contributed by atoms with E-state index in [-0.39, 0.29) is 12.6 Å². The molecule has 5 heteroatoms. The Labute approximate surface area is 111 Å². The zero-order valence-corrected chi connectivity index (χ0v) is 11.2. The summed E-state index contributed by atoms with van der Waals surface area (Å²) < 4.78 is 0. The van der Waals surface area contributed by atoms with Gasteiger partial charge in [-0.1, -0.05) is 29.3 Å². The Balaban J connectivity index is 2.61. The molecule has 1 rings (SSSR count).